The molecular formula is C15H15NO2. The van der Waals surface area contributed by atoms with Gasteiger partial charge in [-0.05, 0) is 55.0 Å². The van der Waals surface area contributed by atoms with E-state index in [0.717, 1.165) is 24.0 Å². The van der Waals surface area contributed by atoms with Crippen LogP contribution in [0.15, 0.2) is 24.3 Å². The first-order valence-corrected chi connectivity index (χ1v) is 6.13. The summed E-state index contributed by atoms with van der Waals surface area (Å²) >= 11 is 0. The lowest BCUT2D eigenvalue weighted by Crippen LogP contribution is -1.99. The molecule has 0 spiro atoms. The van der Waals surface area contributed by atoms with Crippen molar-refractivity contribution < 1.29 is 9.53 Å². The van der Waals surface area contributed by atoms with Crippen molar-refractivity contribution in [3.63, 3.8) is 0 Å². The Kier molecular flexibility index (Phi) is 3.78. The Morgan fingerprint density at radius 2 is 2.33 bits per heavy atom. The Bertz CT molecular complexity index is 522. The number of rotatable bonds is 4. The van der Waals surface area contributed by atoms with Crippen molar-refractivity contribution in [3.05, 3.63) is 41.0 Å². The highest BCUT2D eigenvalue weighted by Gasteiger charge is 2.25. The van der Waals surface area contributed by atoms with Crippen LogP contribution in [-0.4, -0.2) is 12.6 Å². The molecule has 0 amide bonds. The van der Waals surface area contributed by atoms with Crippen LogP contribution in [0.5, 0.6) is 0 Å². The topological polar surface area (TPSA) is 50.1 Å². The molecule has 3 nitrogen and oxygen atoms in total. The smallest absolute Gasteiger partial charge is 0.330 e. The van der Waals surface area contributed by atoms with E-state index in [9.17, 15) is 4.79 Å². The molecule has 0 aliphatic heterocycles. The van der Waals surface area contributed by atoms with Gasteiger partial charge in [0.15, 0.2) is 0 Å². The van der Waals surface area contributed by atoms with Crippen molar-refractivity contribution >= 4 is 12.0 Å². The summed E-state index contributed by atoms with van der Waals surface area (Å²) in [6.45, 7) is 2.16. The first-order valence-electron chi connectivity index (χ1n) is 6.13. The summed E-state index contributed by atoms with van der Waals surface area (Å²) in [5.41, 5.74) is 2.84. The second-order valence-electron chi connectivity index (χ2n) is 4.32. The van der Waals surface area contributed by atoms with Gasteiger partial charge in [0.25, 0.3) is 0 Å². The summed E-state index contributed by atoms with van der Waals surface area (Å²) < 4.78 is 4.85. The van der Waals surface area contributed by atoms with Gasteiger partial charge in [0, 0.05) is 6.08 Å². The molecule has 0 saturated heterocycles. The van der Waals surface area contributed by atoms with Crippen LogP contribution in [0, 0.1) is 11.3 Å². The van der Waals surface area contributed by atoms with E-state index in [1.807, 2.05) is 12.1 Å². The van der Waals surface area contributed by atoms with E-state index in [0.29, 0.717) is 18.1 Å². The Balaban J connectivity index is 2.22. The van der Waals surface area contributed by atoms with Gasteiger partial charge >= 0.3 is 5.97 Å². The van der Waals surface area contributed by atoms with Crippen LogP contribution in [0.1, 0.15) is 42.4 Å². The normalized spacial score (nSPS) is 14.4. The van der Waals surface area contributed by atoms with Gasteiger partial charge in [-0.25, -0.2) is 4.79 Å². The zero-order valence-corrected chi connectivity index (χ0v) is 10.3. The predicted molar refractivity (Wildman–Crippen MR) is 68.8 cm³/mol. The molecule has 0 bridgehead atoms. The molecule has 1 aliphatic rings. The maximum absolute atomic E-state index is 11.3. The third-order valence-electron chi connectivity index (χ3n) is 2.92. The molecule has 1 aromatic rings. The maximum atomic E-state index is 11.3. The second kappa shape index (κ2) is 5.50. The number of esters is 1. The number of nitrogens with zero attached hydrogens (tertiary/aromatic N) is 1. The van der Waals surface area contributed by atoms with E-state index in [2.05, 4.69) is 6.07 Å². The van der Waals surface area contributed by atoms with Crippen molar-refractivity contribution in [1.82, 2.24) is 0 Å². The molecule has 1 aliphatic carbocycles. The van der Waals surface area contributed by atoms with Crippen LogP contribution in [-0.2, 0) is 9.53 Å². The highest BCUT2D eigenvalue weighted by atomic mass is 16.5. The zero-order chi connectivity index (χ0) is 13.0. The van der Waals surface area contributed by atoms with Gasteiger partial charge in [-0.15, -0.1) is 0 Å². The van der Waals surface area contributed by atoms with Crippen LogP contribution in [0.4, 0.5) is 0 Å². The maximum Gasteiger partial charge on any atom is 0.330 e. The van der Waals surface area contributed by atoms with Gasteiger partial charge < -0.3 is 4.74 Å². The fourth-order valence-corrected chi connectivity index (χ4v) is 1.89. The number of hydrogen-bond donors (Lipinski definition) is 0. The van der Waals surface area contributed by atoms with Crippen LogP contribution < -0.4 is 0 Å². The quantitative estimate of drug-likeness (QED) is 0.601. The number of nitriles is 1. The summed E-state index contributed by atoms with van der Waals surface area (Å²) in [4.78, 5) is 11.3. The van der Waals surface area contributed by atoms with E-state index >= 15 is 0 Å². The highest BCUT2D eigenvalue weighted by molar-refractivity contribution is 5.87. The molecular weight excluding hydrogens is 226 g/mol. The molecule has 92 valence electrons. The summed E-state index contributed by atoms with van der Waals surface area (Å²) in [7, 11) is 0. The van der Waals surface area contributed by atoms with E-state index in [4.69, 9.17) is 10.00 Å². The monoisotopic (exact) mass is 241 g/mol. The Hall–Kier alpha value is -2.08. The SMILES string of the molecule is CCOC(=O)C=Cc1ccc(C#N)cc1C1CC1. The molecule has 0 heterocycles. The molecule has 1 saturated carbocycles. The molecule has 2 rings (SSSR count). The standard InChI is InChI=1S/C15H15NO2/c1-2-18-15(17)8-7-12-4-3-11(10-16)9-14(12)13-5-6-13/h3-4,7-9,13H,2,5-6H2,1H3. The lowest BCUT2D eigenvalue weighted by Gasteiger charge is -2.04. The third-order valence-corrected chi connectivity index (χ3v) is 2.92. The molecule has 1 aromatic carbocycles. The van der Waals surface area contributed by atoms with Crippen molar-refractivity contribution in [1.29, 1.82) is 5.26 Å². The van der Waals surface area contributed by atoms with E-state index in [1.165, 1.54) is 6.08 Å². The largest absolute Gasteiger partial charge is 0.463 e. The Morgan fingerprint density at radius 1 is 1.56 bits per heavy atom. The number of hydrogen-bond acceptors (Lipinski definition) is 3. The van der Waals surface area contributed by atoms with Crippen molar-refractivity contribution in [2.75, 3.05) is 6.61 Å². The minimum absolute atomic E-state index is 0.330. The fraction of sp³-hybridized carbons (Fsp3) is 0.333. The number of benzene rings is 1. The Labute approximate surface area is 107 Å². The van der Waals surface area contributed by atoms with Gasteiger partial charge in [0.2, 0.25) is 0 Å². The van der Waals surface area contributed by atoms with Gasteiger partial charge in [0.05, 0.1) is 18.2 Å². The molecule has 3 heteroatoms. The second-order valence-corrected chi connectivity index (χ2v) is 4.32. The van der Waals surface area contributed by atoms with Gasteiger partial charge in [-0.3, -0.25) is 0 Å². The first kappa shape index (κ1) is 12.4. The lowest BCUT2D eigenvalue weighted by molar-refractivity contribution is -0.137. The first-order chi connectivity index (χ1) is 8.74. The van der Waals surface area contributed by atoms with Gasteiger partial charge in [-0.2, -0.15) is 5.26 Å². The Morgan fingerprint density at radius 3 is 2.94 bits per heavy atom. The number of ether oxygens (including phenoxy) is 1. The highest BCUT2D eigenvalue weighted by Crippen LogP contribution is 2.42. The summed E-state index contributed by atoms with van der Waals surface area (Å²) in [6, 6.07) is 7.73. The molecule has 1 fully saturated rings. The van der Waals surface area contributed by atoms with Crippen molar-refractivity contribution in [2.24, 2.45) is 0 Å². The molecule has 18 heavy (non-hydrogen) atoms. The van der Waals surface area contributed by atoms with E-state index in [1.54, 1.807) is 19.1 Å². The van der Waals surface area contributed by atoms with Crippen LogP contribution >= 0.6 is 0 Å². The zero-order valence-electron chi connectivity index (χ0n) is 10.3. The average Bonchev–Trinajstić information content (AvgIpc) is 3.21. The minimum Gasteiger partial charge on any atom is -0.463 e. The minimum atomic E-state index is -0.330. The molecule has 0 N–H and O–H groups in total. The lowest BCUT2D eigenvalue weighted by atomic mass is 10.00. The van der Waals surface area contributed by atoms with Crippen LogP contribution in [0.25, 0.3) is 6.08 Å². The van der Waals surface area contributed by atoms with Crippen molar-refractivity contribution in [3.8, 4) is 6.07 Å². The van der Waals surface area contributed by atoms with E-state index in [-0.39, 0.29) is 5.97 Å². The molecule has 0 unspecified atom stereocenters. The molecule has 0 atom stereocenters. The number of carbonyl (C=O) groups is 1. The van der Waals surface area contributed by atoms with Crippen molar-refractivity contribution in [2.45, 2.75) is 25.7 Å². The molecule has 0 radical (unpaired) electrons. The number of carbonyl (C=O) groups excluding carboxylic acids is 1. The summed E-state index contributed by atoms with van der Waals surface area (Å²) in [5.74, 6) is 0.212. The summed E-state index contributed by atoms with van der Waals surface area (Å²) in [6.07, 6.45) is 5.54. The van der Waals surface area contributed by atoms with Crippen LogP contribution in [0.3, 0.4) is 0 Å². The van der Waals surface area contributed by atoms with Gasteiger partial charge in [0.1, 0.15) is 0 Å². The van der Waals surface area contributed by atoms with Gasteiger partial charge in [-0.1, -0.05) is 6.07 Å². The average molecular weight is 241 g/mol. The van der Waals surface area contributed by atoms with Crippen LogP contribution in [0.2, 0.25) is 0 Å². The van der Waals surface area contributed by atoms with E-state index < -0.39 is 0 Å². The fourth-order valence-electron chi connectivity index (χ4n) is 1.89. The third kappa shape index (κ3) is 2.98. The predicted octanol–water partition coefficient (Wildman–Crippen LogP) is 3.01. The summed E-state index contributed by atoms with van der Waals surface area (Å²) in [5, 5.41) is 8.90. The molecule has 0 aromatic heterocycles.